The molecule has 0 aromatic heterocycles. The average Bonchev–Trinajstić information content (AvgIpc) is 2.50. The Balaban J connectivity index is 2.40. The minimum absolute atomic E-state index is 0.320. The van der Waals surface area contributed by atoms with E-state index in [2.05, 4.69) is 0 Å². The van der Waals surface area contributed by atoms with Crippen LogP contribution < -0.4 is 9.47 Å². The summed E-state index contributed by atoms with van der Waals surface area (Å²) in [6.45, 7) is 0. The topological polar surface area (TPSA) is 52.6 Å². The van der Waals surface area contributed by atoms with E-state index in [1.165, 1.54) is 14.2 Å². The summed E-state index contributed by atoms with van der Waals surface area (Å²) in [5.41, 5.74) is 2.03. The third-order valence-corrected chi connectivity index (χ3v) is 3.44. The Morgan fingerprint density at radius 2 is 1.10 bits per heavy atom. The molecule has 1 aliphatic rings. The van der Waals surface area contributed by atoms with Crippen LogP contribution in [0.3, 0.4) is 0 Å². The Hall–Kier alpha value is -2.62. The van der Waals surface area contributed by atoms with Gasteiger partial charge >= 0.3 is 0 Å². The predicted octanol–water partition coefficient (Wildman–Crippen LogP) is 2.75. The van der Waals surface area contributed by atoms with E-state index in [-0.39, 0.29) is 0 Å². The number of Topliss-reactive ketones (excluding diaryl/α,β-unsaturated/α-hetero) is 2. The van der Waals surface area contributed by atoms with E-state index in [1.54, 1.807) is 36.4 Å². The van der Waals surface area contributed by atoms with Gasteiger partial charge in [0.2, 0.25) is 11.6 Å². The van der Waals surface area contributed by atoms with Crippen molar-refractivity contribution >= 4 is 11.6 Å². The first kappa shape index (κ1) is 12.4. The summed E-state index contributed by atoms with van der Waals surface area (Å²) < 4.78 is 10.4. The van der Waals surface area contributed by atoms with Gasteiger partial charge < -0.3 is 9.47 Å². The third kappa shape index (κ3) is 1.54. The lowest BCUT2D eigenvalue weighted by atomic mass is 9.83. The van der Waals surface area contributed by atoms with Gasteiger partial charge in [-0.3, -0.25) is 9.59 Å². The summed E-state index contributed by atoms with van der Waals surface area (Å²) in [6, 6.07) is 10.6. The van der Waals surface area contributed by atoms with Gasteiger partial charge in [-0.2, -0.15) is 0 Å². The molecule has 0 N–H and O–H groups in total. The van der Waals surface area contributed by atoms with Gasteiger partial charge in [-0.15, -0.1) is 0 Å². The molecular weight excluding hydrogens is 256 g/mol. The van der Waals surface area contributed by atoms with Crippen molar-refractivity contribution in [2.24, 2.45) is 0 Å². The van der Waals surface area contributed by atoms with E-state index < -0.39 is 11.6 Å². The number of rotatable bonds is 2. The molecule has 0 aliphatic heterocycles. The fourth-order valence-corrected chi connectivity index (χ4v) is 2.55. The van der Waals surface area contributed by atoms with Crippen molar-refractivity contribution in [3.63, 3.8) is 0 Å². The lowest BCUT2D eigenvalue weighted by molar-refractivity contribution is 0.0811. The van der Waals surface area contributed by atoms with Crippen LogP contribution in [0, 0.1) is 0 Å². The second-order valence-corrected chi connectivity index (χ2v) is 4.42. The van der Waals surface area contributed by atoms with Crippen molar-refractivity contribution < 1.29 is 19.1 Å². The number of carbonyl (C=O) groups excluding carboxylic acids is 2. The van der Waals surface area contributed by atoms with Gasteiger partial charge in [-0.05, 0) is 23.3 Å². The number of fused-ring (bicyclic) bond motifs is 3. The van der Waals surface area contributed by atoms with Gasteiger partial charge in [0.1, 0.15) is 11.5 Å². The second kappa shape index (κ2) is 4.49. The Labute approximate surface area is 115 Å². The van der Waals surface area contributed by atoms with Crippen molar-refractivity contribution in [2.75, 3.05) is 14.2 Å². The minimum atomic E-state index is -0.561. The number of ether oxygens (including phenoxy) is 2. The molecule has 0 heterocycles. The van der Waals surface area contributed by atoms with Crippen LogP contribution in [0.25, 0.3) is 11.1 Å². The van der Waals surface area contributed by atoms with Gasteiger partial charge in [0, 0.05) is 0 Å². The molecule has 4 nitrogen and oxygen atoms in total. The monoisotopic (exact) mass is 268 g/mol. The molecule has 4 heteroatoms. The highest BCUT2D eigenvalue weighted by Crippen LogP contribution is 2.41. The normalized spacial score (nSPS) is 12.7. The average molecular weight is 268 g/mol. The molecule has 20 heavy (non-hydrogen) atoms. The zero-order valence-electron chi connectivity index (χ0n) is 11.1. The fourth-order valence-electron chi connectivity index (χ4n) is 2.55. The van der Waals surface area contributed by atoms with Crippen LogP contribution >= 0.6 is 0 Å². The largest absolute Gasteiger partial charge is 0.496 e. The number of benzene rings is 2. The zero-order valence-corrected chi connectivity index (χ0v) is 11.1. The molecule has 100 valence electrons. The molecule has 2 aromatic rings. The number of methoxy groups -OCH3 is 2. The van der Waals surface area contributed by atoms with Gasteiger partial charge in [0.25, 0.3) is 0 Å². The summed E-state index contributed by atoms with van der Waals surface area (Å²) in [7, 11) is 2.96. The first-order valence-electron chi connectivity index (χ1n) is 6.12. The Morgan fingerprint density at radius 3 is 1.45 bits per heavy atom. The smallest absolute Gasteiger partial charge is 0.238 e. The van der Waals surface area contributed by atoms with Crippen molar-refractivity contribution in [2.45, 2.75) is 0 Å². The molecule has 0 spiro atoms. The van der Waals surface area contributed by atoms with Crippen LogP contribution in [-0.2, 0) is 0 Å². The maximum absolute atomic E-state index is 12.3. The second-order valence-electron chi connectivity index (χ2n) is 4.42. The molecule has 0 fully saturated rings. The molecule has 0 bridgehead atoms. The van der Waals surface area contributed by atoms with Gasteiger partial charge in [-0.1, -0.05) is 24.3 Å². The Morgan fingerprint density at radius 1 is 0.700 bits per heavy atom. The van der Waals surface area contributed by atoms with E-state index in [0.29, 0.717) is 33.8 Å². The molecule has 0 unspecified atom stereocenters. The molecule has 1 aliphatic carbocycles. The quantitative estimate of drug-likeness (QED) is 0.786. The number of ketones is 2. The molecule has 0 amide bonds. The zero-order chi connectivity index (χ0) is 14.3. The van der Waals surface area contributed by atoms with E-state index in [1.807, 2.05) is 0 Å². The van der Waals surface area contributed by atoms with E-state index in [0.717, 1.165) is 0 Å². The molecule has 2 aromatic carbocycles. The number of hydrogen-bond donors (Lipinski definition) is 0. The molecule has 0 saturated carbocycles. The highest BCUT2D eigenvalue weighted by atomic mass is 16.5. The number of hydrogen-bond acceptors (Lipinski definition) is 4. The summed E-state index contributed by atoms with van der Waals surface area (Å²) in [6.07, 6.45) is 0. The highest BCUT2D eigenvalue weighted by molar-refractivity contribution is 6.54. The maximum atomic E-state index is 12.3. The van der Waals surface area contributed by atoms with E-state index in [9.17, 15) is 9.59 Å². The maximum Gasteiger partial charge on any atom is 0.238 e. The van der Waals surface area contributed by atoms with Crippen LogP contribution in [0.1, 0.15) is 20.7 Å². The summed E-state index contributed by atoms with van der Waals surface area (Å²) >= 11 is 0. The van der Waals surface area contributed by atoms with E-state index in [4.69, 9.17) is 9.47 Å². The molecule has 0 saturated heterocycles. The van der Waals surface area contributed by atoms with Crippen LogP contribution in [0.15, 0.2) is 36.4 Å². The molecule has 3 rings (SSSR count). The number of carbonyl (C=O) groups is 2. The van der Waals surface area contributed by atoms with Crippen LogP contribution in [-0.4, -0.2) is 25.8 Å². The Kier molecular flexibility index (Phi) is 2.79. The van der Waals surface area contributed by atoms with Crippen molar-refractivity contribution in [3.8, 4) is 22.6 Å². The fraction of sp³-hybridized carbons (Fsp3) is 0.125. The Bertz CT molecular complexity index is 668. The van der Waals surface area contributed by atoms with Crippen molar-refractivity contribution in [3.05, 3.63) is 47.5 Å². The summed E-state index contributed by atoms with van der Waals surface area (Å²) in [5, 5.41) is 0. The van der Waals surface area contributed by atoms with Crippen molar-refractivity contribution in [1.82, 2.24) is 0 Å². The van der Waals surface area contributed by atoms with Gasteiger partial charge in [-0.25, -0.2) is 0 Å². The molecule has 0 atom stereocenters. The first-order chi connectivity index (χ1) is 9.69. The minimum Gasteiger partial charge on any atom is -0.496 e. The molecule has 0 radical (unpaired) electrons. The lowest BCUT2D eigenvalue weighted by Gasteiger charge is -2.21. The molecular formula is C16H12O4. The highest BCUT2D eigenvalue weighted by Gasteiger charge is 2.34. The van der Waals surface area contributed by atoms with Gasteiger partial charge in [0.15, 0.2) is 0 Å². The van der Waals surface area contributed by atoms with Crippen LogP contribution in [0.4, 0.5) is 0 Å². The summed E-state index contributed by atoms with van der Waals surface area (Å²) in [5.74, 6) is -0.299. The van der Waals surface area contributed by atoms with E-state index >= 15 is 0 Å². The van der Waals surface area contributed by atoms with Crippen LogP contribution in [0.5, 0.6) is 11.5 Å². The SMILES string of the molecule is COc1cccc2c1C(=O)C(=O)c1c(OC)cccc1-2. The summed E-state index contributed by atoms with van der Waals surface area (Å²) in [4.78, 5) is 24.7. The standard InChI is InChI=1S/C16H12O4/c1-19-11-7-3-5-9-10-6-4-8-12(20-2)14(10)16(18)15(17)13(9)11/h3-8H,1-2H3. The van der Waals surface area contributed by atoms with Gasteiger partial charge in [0.05, 0.1) is 25.3 Å². The first-order valence-corrected chi connectivity index (χ1v) is 6.12. The van der Waals surface area contributed by atoms with Crippen molar-refractivity contribution in [1.29, 1.82) is 0 Å². The third-order valence-electron chi connectivity index (χ3n) is 3.44. The van der Waals surface area contributed by atoms with Crippen LogP contribution in [0.2, 0.25) is 0 Å². The lowest BCUT2D eigenvalue weighted by Crippen LogP contribution is -2.22. The predicted molar refractivity (Wildman–Crippen MR) is 73.6 cm³/mol.